The van der Waals surface area contributed by atoms with E-state index in [0.29, 0.717) is 46.2 Å². The lowest BCUT2D eigenvalue weighted by molar-refractivity contribution is 0.271. The van der Waals surface area contributed by atoms with Gasteiger partial charge in [-0.05, 0) is 57.5 Å². The number of rotatable bonds is 15. The van der Waals surface area contributed by atoms with Crippen LogP contribution in [-0.4, -0.2) is 49.9 Å². The topological polar surface area (TPSA) is 154 Å². The minimum absolute atomic E-state index is 0. The number of aliphatic hydroxyl groups is 2. The number of benzene rings is 4. The van der Waals surface area contributed by atoms with E-state index in [0.717, 1.165) is 89.1 Å². The van der Waals surface area contributed by atoms with Crippen LogP contribution in [0.2, 0.25) is 10.3 Å². The van der Waals surface area contributed by atoms with Crippen molar-refractivity contribution >= 4 is 47.2 Å². The van der Waals surface area contributed by atoms with Gasteiger partial charge in [-0.25, -0.2) is 9.97 Å². The van der Waals surface area contributed by atoms with Crippen molar-refractivity contribution in [3.8, 4) is 39.7 Å². The molecule has 0 fully saturated rings. The third-order valence-electron chi connectivity index (χ3n) is 9.78. The molecule has 0 amide bonds. The second-order valence-electron chi connectivity index (χ2n) is 13.6. The highest BCUT2D eigenvalue weighted by Crippen LogP contribution is 2.31. The number of unbranched alkanes of at least 4 members (excludes halogenated alkanes) is 2. The minimum atomic E-state index is -0.133. The van der Waals surface area contributed by atoms with Gasteiger partial charge < -0.3 is 19.3 Å². The minimum Gasteiger partial charge on any atom is -0.390 e. The summed E-state index contributed by atoms with van der Waals surface area (Å²) in [5.74, 6) is 2.39. The Labute approximate surface area is 373 Å². The first-order valence-electron chi connectivity index (χ1n) is 19.1. The molecule has 7 rings (SSSR count). The normalized spacial score (nSPS) is 10.6. The summed E-state index contributed by atoms with van der Waals surface area (Å²) in [6, 6.07) is 34.3. The van der Waals surface area contributed by atoms with E-state index in [2.05, 4.69) is 74.8 Å². The fourth-order valence-electron chi connectivity index (χ4n) is 6.72. The van der Waals surface area contributed by atoms with Crippen LogP contribution in [0.4, 0.5) is 0 Å². The highest BCUT2D eigenvalue weighted by molar-refractivity contribution is 14.0. The molecule has 14 heteroatoms. The van der Waals surface area contributed by atoms with Gasteiger partial charge in [0.1, 0.15) is 11.6 Å². The molecule has 308 valence electrons. The molecule has 0 unspecified atom stereocenters. The first-order chi connectivity index (χ1) is 27.9. The summed E-state index contributed by atoms with van der Waals surface area (Å²) in [7, 11) is 0. The van der Waals surface area contributed by atoms with Gasteiger partial charge in [0.25, 0.3) is 0 Å². The number of hydrogen-bond acceptors (Lipinski definition) is 8. The van der Waals surface area contributed by atoms with Crippen LogP contribution in [0.25, 0.3) is 33.6 Å². The molecule has 0 bridgehead atoms. The molecule has 7 aromatic rings. The Bertz CT molecular complexity index is 2410. The number of nitrogens with one attached hydrogen (secondary N) is 1. The number of aromatic amines is 1. The Balaban J connectivity index is 0.000000253. The van der Waals surface area contributed by atoms with Crippen molar-refractivity contribution in [1.29, 1.82) is 5.26 Å². The third kappa shape index (κ3) is 11.4. The fraction of sp³-hybridized carbons (Fsp3) is 0.289. The van der Waals surface area contributed by atoms with E-state index in [9.17, 15) is 15.5 Å². The molecule has 0 radical (unpaired) electrons. The van der Waals surface area contributed by atoms with Gasteiger partial charge in [-0.15, -0.1) is 34.2 Å². The molecule has 0 spiro atoms. The lowest BCUT2D eigenvalue weighted by atomic mass is 9.98. The number of imidazole rings is 2. The molecule has 59 heavy (non-hydrogen) atoms. The van der Waals surface area contributed by atoms with Crippen LogP contribution in [0.15, 0.2) is 97.1 Å². The Morgan fingerprint density at radius 3 is 1.56 bits per heavy atom. The number of H-pyrrole nitrogens is 1. The van der Waals surface area contributed by atoms with Gasteiger partial charge in [0.05, 0.1) is 36.2 Å². The largest absolute Gasteiger partial charge is 0.390 e. The molecular formula is C45H50Cl2IN9O2. The molecule has 0 atom stereocenters. The van der Waals surface area contributed by atoms with Crippen molar-refractivity contribution in [2.75, 3.05) is 0 Å². The Kier molecular flexibility index (Phi) is 18.3. The monoisotopic (exact) mass is 945 g/mol. The molecule has 4 aromatic carbocycles. The van der Waals surface area contributed by atoms with Crippen LogP contribution in [0.1, 0.15) is 86.7 Å². The summed E-state index contributed by atoms with van der Waals surface area (Å²) in [6.45, 7) is 5.24. The van der Waals surface area contributed by atoms with E-state index in [1.54, 1.807) is 0 Å². The van der Waals surface area contributed by atoms with Crippen molar-refractivity contribution in [1.82, 2.24) is 39.7 Å². The number of nitriles is 1. The van der Waals surface area contributed by atoms with Gasteiger partial charge in [-0.3, -0.25) is 0 Å². The number of aliphatic hydroxyl groups excluding tert-OH is 2. The van der Waals surface area contributed by atoms with Gasteiger partial charge in [-0.1, -0.05) is 148 Å². The van der Waals surface area contributed by atoms with E-state index in [1.165, 1.54) is 0 Å². The Morgan fingerprint density at radius 2 is 1.12 bits per heavy atom. The summed E-state index contributed by atoms with van der Waals surface area (Å²) in [5, 5.41) is 43.9. The molecule has 0 aliphatic heterocycles. The fourth-order valence-corrected chi connectivity index (χ4v) is 7.24. The predicted molar refractivity (Wildman–Crippen MR) is 246 cm³/mol. The zero-order valence-corrected chi connectivity index (χ0v) is 36.3. The van der Waals surface area contributed by atoms with Gasteiger partial charge in [0.15, 0.2) is 10.3 Å². The zero-order chi connectivity index (χ0) is 40.1. The molecular weight excluding hydrogens is 896 g/mol. The number of aryl methyl sites for hydroxylation is 2. The first kappa shape index (κ1) is 46.8. The molecule has 0 aliphatic rings. The van der Waals surface area contributed by atoms with Crippen molar-refractivity contribution < 1.29 is 10.2 Å². The van der Waals surface area contributed by atoms with Crippen molar-refractivity contribution in [3.05, 3.63) is 147 Å². The summed E-state index contributed by atoms with van der Waals surface area (Å²) in [6.07, 6.45) is 5.89. The van der Waals surface area contributed by atoms with Crippen LogP contribution in [-0.2, 0) is 39.1 Å². The van der Waals surface area contributed by atoms with Crippen molar-refractivity contribution in [3.63, 3.8) is 0 Å². The van der Waals surface area contributed by atoms with Gasteiger partial charge in [0, 0.05) is 31.5 Å². The van der Waals surface area contributed by atoms with Crippen LogP contribution >= 0.6 is 47.2 Å². The van der Waals surface area contributed by atoms with Crippen molar-refractivity contribution in [2.45, 2.75) is 86.1 Å². The molecule has 0 saturated heterocycles. The van der Waals surface area contributed by atoms with E-state index >= 15 is 0 Å². The van der Waals surface area contributed by atoms with Gasteiger partial charge in [-0.2, -0.15) is 10.5 Å². The maximum atomic E-state index is 9.77. The summed E-state index contributed by atoms with van der Waals surface area (Å²) >= 11 is 12.5. The lowest BCUT2D eigenvalue weighted by Crippen LogP contribution is -2.09. The third-order valence-corrected chi connectivity index (χ3v) is 10.4. The molecule has 3 N–H and O–H groups in total. The maximum Gasteiger partial charge on any atom is 0.205 e. The summed E-state index contributed by atoms with van der Waals surface area (Å²) in [5.41, 5.74) is 9.14. The number of hydrogen-bond donors (Lipinski definition) is 3. The van der Waals surface area contributed by atoms with Gasteiger partial charge >= 0.3 is 0 Å². The molecule has 0 saturated carbocycles. The summed E-state index contributed by atoms with van der Waals surface area (Å²) in [4.78, 5) is 8.90. The molecule has 3 aromatic heterocycles. The number of nitrogens with zero attached hydrogens (tertiary/aromatic N) is 8. The van der Waals surface area contributed by atoms with Crippen LogP contribution in [0, 0.1) is 11.3 Å². The second-order valence-corrected chi connectivity index (χ2v) is 14.3. The van der Waals surface area contributed by atoms with Crippen LogP contribution in [0.5, 0.6) is 0 Å². The smallest absolute Gasteiger partial charge is 0.205 e. The number of aromatic nitrogens is 8. The quantitative estimate of drug-likeness (QED) is 0.0859. The highest BCUT2D eigenvalue weighted by atomic mass is 127. The Hall–Kier alpha value is -4.91. The number of halogens is 3. The lowest BCUT2D eigenvalue weighted by Gasteiger charge is -2.12. The zero-order valence-electron chi connectivity index (χ0n) is 32.4. The number of tetrazole rings is 1. The van der Waals surface area contributed by atoms with Gasteiger partial charge in [0.2, 0.25) is 5.82 Å². The SMILES string of the molecule is C.CCCCc1nc(Cl)c(CO)n1Cc1ccc(-c2ccccc2-c2nn[nH]n2)cc1.CCCCc1nc(Cl)c(CO)n1Cc1ccc(-c2ccccc2C#N)cc1.I. The average molecular weight is 947 g/mol. The van der Waals surface area contributed by atoms with E-state index in [1.807, 2.05) is 81.9 Å². The first-order valence-corrected chi connectivity index (χ1v) is 19.8. The molecule has 0 aliphatic carbocycles. The average Bonchev–Trinajstić information content (AvgIpc) is 3.97. The Morgan fingerprint density at radius 1 is 0.661 bits per heavy atom. The van der Waals surface area contributed by atoms with Crippen LogP contribution in [0.3, 0.4) is 0 Å². The van der Waals surface area contributed by atoms with E-state index in [-0.39, 0.29) is 44.6 Å². The van der Waals surface area contributed by atoms with E-state index < -0.39 is 0 Å². The standard InChI is InChI=1S/C22H23ClN6O.C22H22ClN3O.CH4.HI/c1-2-3-8-20-24-21(23)19(14-30)29(20)13-15-9-11-16(12-10-15)17-6-4-5-7-18(17)22-25-27-28-26-22;1-2-3-8-21-25-22(23)20(15-27)26(21)14-16-9-11-17(12-10-16)19-7-5-4-6-18(19)13-24;;/h4-7,9-12,30H,2-3,8,13-14H2,1H3,(H,25,26,27,28);4-7,9-12,27H,2-3,8,14-15H2,1H3;1H4;1H. The van der Waals surface area contributed by atoms with Crippen LogP contribution < -0.4 is 0 Å². The second kappa shape index (κ2) is 23.0. The summed E-state index contributed by atoms with van der Waals surface area (Å²) < 4.78 is 4.04. The molecule has 3 heterocycles. The molecule has 11 nitrogen and oxygen atoms in total. The predicted octanol–water partition coefficient (Wildman–Crippen LogP) is 10.5. The maximum absolute atomic E-state index is 9.77. The van der Waals surface area contributed by atoms with Crippen molar-refractivity contribution in [2.24, 2.45) is 0 Å². The highest BCUT2D eigenvalue weighted by Gasteiger charge is 2.17. The van der Waals surface area contributed by atoms with E-state index in [4.69, 9.17) is 23.2 Å².